The third kappa shape index (κ3) is 2.94. The fraction of sp³-hybridized carbons (Fsp3) is 0.826. The Hall–Kier alpha value is -1.32. The van der Waals surface area contributed by atoms with Crippen molar-refractivity contribution < 1.29 is 14.3 Å². The number of hydrogen-bond acceptors (Lipinski definition) is 3. The molecule has 0 unspecified atom stereocenters. The van der Waals surface area contributed by atoms with Crippen LogP contribution in [-0.4, -0.2) is 23.5 Å². The maximum Gasteiger partial charge on any atom is 0.310 e. The highest BCUT2D eigenvalue weighted by atomic mass is 16.6. The van der Waals surface area contributed by atoms with Crippen molar-refractivity contribution in [2.24, 2.45) is 34.5 Å². The van der Waals surface area contributed by atoms with E-state index in [-0.39, 0.29) is 34.7 Å². The monoisotopic (exact) mass is 373 g/mol. The van der Waals surface area contributed by atoms with E-state index in [0.717, 1.165) is 32.1 Å². The maximum atomic E-state index is 12.9. The van der Waals surface area contributed by atoms with E-state index >= 15 is 0 Å². The van der Waals surface area contributed by atoms with Gasteiger partial charge in [-0.3, -0.25) is 9.59 Å². The van der Waals surface area contributed by atoms with Gasteiger partial charge in [-0.2, -0.15) is 0 Å². The quantitative estimate of drug-likeness (QED) is 0.700. The van der Waals surface area contributed by atoms with Gasteiger partial charge in [0, 0.05) is 11.5 Å². The van der Waals surface area contributed by atoms with Crippen molar-refractivity contribution in [1.29, 1.82) is 0 Å². The van der Waals surface area contributed by atoms with Crippen LogP contribution in [-0.2, 0) is 14.3 Å². The molecule has 0 aromatic carbocycles. The molecular formula is C23H35NO3. The first-order valence-corrected chi connectivity index (χ1v) is 10.8. The average Bonchev–Trinajstić information content (AvgIpc) is 2.91. The van der Waals surface area contributed by atoms with Gasteiger partial charge in [0.05, 0.1) is 5.92 Å². The summed E-state index contributed by atoms with van der Waals surface area (Å²) >= 11 is 0. The number of carbonyl (C=O) groups excluding carboxylic acids is 2. The summed E-state index contributed by atoms with van der Waals surface area (Å²) in [5.41, 5.74) is -0.296. The van der Waals surface area contributed by atoms with Gasteiger partial charge in [-0.15, -0.1) is 0 Å². The van der Waals surface area contributed by atoms with E-state index in [0.29, 0.717) is 17.8 Å². The van der Waals surface area contributed by atoms with E-state index < -0.39 is 5.60 Å². The third-order valence-electron chi connectivity index (χ3n) is 8.38. The zero-order valence-corrected chi connectivity index (χ0v) is 17.5. The minimum absolute atomic E-state index is 0.00988. The van der Waals surface area contributed by atoms with Crippen LogP contribution in [0.5, 0.6) is 0 Å². The van der Waals surface area contributed by atoms with Crippen LogP contribution in [0.1, 0.15) is 73.1 Å². The molecule has 0 aromatic heterocycles. The molecule has 1 aliphatic heterocycles. The van der Waals surface area contributed by atoms with Crippen molar-refractivity contribution in [1.82, 2.24) is 5.32 Å². The second-order valence-corrected chi connectivity index (χ2v) is 10.9. The lowest BCUT2D eigenvalue weighted by Gasteiger charge is -2.58. The van der Waals surface area contributed by atoms with Crippen molar-refractivity contribution in [2.45, 2.75) is 84.8 Å². The average molecular weight is 374 g/mol. The third-order valence-corrected chi connectivity index (χ3v) is 8.38. The molecule has 0 aromatic rings. The molecule has 1 amide bonds. The van der Waals surface area contributed by atoms with Crippen LogP contribution in [0, 0.1) is 34.5 Å². The smallest absolute Gasteiger partial charge is 0.310 e. The Kier molecular flexibility index (Phi) is 4.29. The zero-order chi connectivity index (χ0) is 19.6. The summed E-state index contributed by atoms with van der Waals surface area (Å²) in [4.78, 5) is 24.8. The Bertz CT molecular complexity index is 678. The van der Waals surface area contributed by atoms with E-state index in [1.807, 2.05) is 20.8 Å². The Morgan fingerprint density at radius 2 is 1.85 bits per heavy atom. The molecule has 0 bridgehead atoms. The van der Waals surface area contributed by atoms with Crippen molar-refractivity contribution in [3.05, 3.63) is 12.2 Å². The minimum Gasteiger partial charge on any atom is -0.460 e. The molecule has 1 heterocycles. The summed E-state index contributed by atoms with van der Waals surface area (Å²) in [5, 5.41) is 3.21. The van der Waals surface area contributed by atoms with Gasteiger partial charge in [-0.1, -0.05) is 19.9 Å². The van der Waals surface area contributed by atoms with E-state index in [2.05, 4.69) is 25.2 Å². The summed E-state index contributed by atoms with van der Waals surface area (Å²) in [6.07, 6.45) is 10.5. The Morgan fingerprint density at radius 3 is 2.56 bits per heavy atom. The number of rotatable bonds is 1. The van der Waals surface area contributed by atoms with Crippen LogP contribution >= 0.6 is 0 Å². The molecule has 0 spiro atoms. The lowest BCUT2D eigenvalue weighted by Crippen LogP contribution is -2.59. The normalized spacial score (nSPS) is 46.1. The molecule has 4 aliphatic rings. The van der Waals surface area contributed by atoms with Crippen molar-refractivity contribution >= 4 is 11.9 Å². The predicted octanol–water partition coefficient (Wildman–Crippen LogP) is 4.24. The molecule has 150 valence electrons. The Labute approximate surface area is 163 Å². The highest BCUT2D eigenvalue weighted by Gasteiger charge is 2.61. The van der Waals surface area contributed by atoms with E-state index in [4.69, 9.17) is 4.74 Å². The molecule has 27 heavy (non-hydrogen) atoms. The number of amides is 1. The van der Waals surface area contributed by atoms with Crippen LogP contribution in [0.4, 0.5) is 0 Å². The predicted molar refractivity (Wildman–Crippen MR) is 105 cm³/mol. The molecule has 0 radical (unpaired) electrons. The number of esters is 1. The summed E-state index contributed by atoms with van der Waals surface area (Å²) in [7, 11) is 0. The second-order valence-electron chi connectivity index (χ2n) is 10.9. The lowest BCUT2D eigenvalue weighted by atomic mass is 9.48. The molecule has 4 rings (SSSR count). The number of nitrogens with one attached hydrogen (secondary N) is 1. The summed E-state index contributed by atoms with van der Waals surface area (Å²) in [6, 6.07) is 0.267. The SMILES string of the molecule is CC(C)(C)OC(=O)[C@H]1CC[C@H]2[C@@H]3CC[C@H]4NC(=O)C=C[C@]4(C)[C@H]3CC[C@]12C. The summed E-state index contributed by atoms with van der Waals surface area (Å²) in [6.45, 7) is 10.6. The highest BCUT2D eigenvalue weighted by molar-refractivity contribution is 5.89. The minimum atomic E-state index is -0.417. The molecular weight excluding hydrogens is 338 g/mol. The lowest BCUT2D eigenvalue weighted by molar-refractivity contribution is -0.167. The van der Waals surface area contributed by atoms with Crippen LogP contribution in [0.25, 0.3) is 0 Å². The molecule has 0 saturated heterocycles. The zero-order valence-electron chi connectivity index (χ0n) is 17.5. The molecule has 3 aliphatic carbocycles. The second kappa shape index (κ2) is 6.09. The van der Waals surface area contributed by atoms with E-state index in [1.54, 1.807) is 6.08 Å². The van der Waals surface area contributed by atoms with E-state index in [9.17, 15) is 9.59 Å². The van der Waals surface area contributed by atoms with Gasteiger partial charge in [0.1, 0.15) is 5.60 Å². The van der Waals surface area contributed by atoms with E-state index in [1.165, 1.54) is 6.42 Å². The van der Waals surface area contributed by atoms with Crippen molar-refractivity contribution in [3.63, 3.8) is 0 Å². The topological polar surface area (TPSA) is 55.4 Å². The maximum absolute atomic E-state index is 12.9. The molecule has 3 saturated carbocycles. The van der Waals surface area contributed by atoms with Crippen LogP contribution in [0.15, 0.2) is 12.2 Å². The number of carbonyl (C=O) groups is 2. The van der Waals surface area contributed by atoms with Crippen molar-refractivity contribution in [3.8, 4) is 0 Å². The largest absolute Gasteiger partial charge is 0.460 e. The Balaban J connectivity index is 1.58. The Morgan fingerprint density at radius 1 is 1.11 bits per heavy atom. The first kappa shape index (κ1) is 19.0. The molecule has 4 nitrogen and oxygen atoms in total. The van der Waals surface area contributed by atoms with Gasteiger partial charge in [0.15, 0.2) is 0 Å². The highest BCUT2D eigenvalue weighted by Crippen LogP contribution is 2.65. The van der Waals surface area contributed by atoms with Gasteiger partial charge in [0.25, 0.3) is 0 Å². The van der Waals surface area contributed by atoms with Gasteiger partial charge < -0.3 is 10.1 Å². The molecule has 7 atom stereocenters. The van der Waals surface area contributed by atoms with Crippen LogP contribution in [0.3, 0.4) is 0 Å². The van der Waals surface area contributed by atoms with Gasteiger partial charge in [0.2, 0.25) is 5.91 Å². The molecule has 3 fully saturated rings. The summed E-state index contributed by atoms with van der Waals surface area (Å²) < 4.78 is 5.79. The van der Waals surface area contributed by atoms with Crippen LogP contribution < -0.4 is 5.32 Å². The molecule has 4 heteroatoms. The molecule has 1 N–H and O–H groups in total. The van der Waals surface area contributed by atoms with Gasteiger partial charge in [-0.05, 0) is 88.5 Å². The first-order valence-electron chi connectivity index (χ1n) is 10.8. The number of fused-ring (bicyclic) bond motifs is 5. The fourth-order valence-electron chi connectivity index (χ4n) is 7.09. The fourth-order valence-corrected chi connectivity index (χ4v) is 7.09. The standard InChI is InChI=1S/C23H35NO3/c1-21(2,3)27-20(26)17-8-7-15-14-6-9-18-23(5,13-11-19(25)24-18)16(14)10-12-22(15,17)4/h11,13-18H,6-10,12H2,1-5H3,(H,24,25)/t14-,15-,16-,17+,18+,22-,23+/m0/s1. The van der Waals surface area contributed by atoms with Gasteiger partial charge >= 0.3 is 5.97 Å². The number of ether oxygens (including phenoxy) is 1. The van der Waals surface area contributed by atoms with Crippen molar-refractivity contribution in [2.75, 3.05) is 0 Å². The van der Waals surface area contributed by atoms with Crippen LogP contribution in [0.2, 0.25) is 0 Å². The number of hydrogen-bond donors (Lipinski definition) is 1. The first-order chi connectivity index (χ1) is 12.5. The summed E-state index contributed by atoms with van der Waals surface area (Å²) in [5.74, 6) is 1.95. The van der Waals surface area contributed by atoms with Gasteiger partial charge in [-0.25, -0.2) is 0 Å².